The molecule has 0 aromatic carbocycles. The molecule has 0 N–H and O–H groups in total. The predicted molar refractivity (Wildman–Crippen MR) is 261 cm³/mol. The van der Waals surface area contributed by atoms with Crippen LogP contribution < -0.4 is 0 Å². The quantitative estimate of drug-likeness (QED) is 0.0344. The Kier molecular flexibility index (Phi) is 48.1. The highest BCUT2D eigenvalue weighted by Crippen LogP contribution is 2.18. The molecule has 0 fully saturated rings. The van der Waals surface area contributed by atoms with Crippen molar-refractivity contribution in [3.63, 3.8) is 0 Å². The van der Waals surface area contributed by atoms with Crippen molar-refractivity contribution in [3.05, 3.63) is 0 Å². The Morgan fingerprint density at radius 3 is 0.803 bits per heavy atom. The van der Waals surface area contributed by atoms with E-state index in [0.29, 0.717) is 19.3 Å². The van der Waals surface area contributed by atoms with Crippen LogP contribution in [0.5, 0.6) is 0 Å². The first-order valence-electron chi connectivity index (χ1n) is 27.4. The molecular weight excluding hydrogens is 757 g/mol. The van der Waals surface area contributed by atoms with Crippen molar-refractivity contribution < 1.29 is 28.6 Å². The van der Waals surface area contributed by atoms with Crippen molar-refractivity contribution in [2.45, 2.75) is 316 Å². The summed E-state index contributed by atoms with van der Waals surface area (Å²) in [5, 5.41) is 0. The molecule has 0 aromatic rings. The van der Waals surface area contributed by atoms with Crippen LogP contribution in [0.3, 0.4) is 0 Å². The van der Waals surface area contributed by atoms with Crippen molar-refractivity contribution in [2.75, 3.05) is 13.2 Å². The summed E-state index contributed by atoms with van der Waals surface area (Å²) in [6.07, 6.45) is 52.5. The molecule has 0 rings (SSSR count). The first-order chi connectivity index (χ1) is 29.9. The molecule has 0 aliphatic carbocycles. The van der Waals surface area contributed by atoms with Gasteiger partial charge in [0.25, 0.3) is 0 Å². The van der Waals surface area contributed by atoms with Gasteiger partial charge < -0.3 is 14.2 Å². The lowest BCUT2D eigenvalue weighted by atomic mass is 10.0. The van der Waals surface area contributed by atoms with Crippen LogP contribution >= 0.6 is 0 Å². The van der Waals surface area contributed by atoms with Gasteiger partial charge in [0.05, 0.1) is 0 Å². The molecule has 0 saturated heterocycles. The van der Waals surface area contributed by atoms with E-state index < -0.39 is 6.10 Å². The summed E-state index contributed by atoms with van der Waals surface area (Å²) in [7, 11) is 0. The fourth-order valence-corrected chi connectivity index (χ4v) is 8.39. The third-order valence-corrected chi connectivity index (χ3v) is 12.5. The van der Waals surface area contributed by atoms with E-state index in [9.17, 15) is 14.4 Å². The van der Waals surface area contributed by atoms with E-state index >= 15 is 0 Å². The van der Waals surface area contributed by atoms with Crippen molar-refractivity contribution in [3.8, 4) is 0 Å². The minimum absolute atomic E-state index is 0.0627. The fraction of sp³-hybridized carbons (Fsp3) is 0.945. The number of carbonyl (C=O) groups excluding carboxylic acids is 3. The Morgan fingerprint density at radius 1 is 0.311 bits per heavy atom. The zero-order chi connectivity index (χ0) is 44.5. The van der Waals surface area contributed by atoms with Gasteiger partial charge in [-0.05, 0) is 25.2 Å². The largest absolute Gasteiger partial charge is 0.462 e. The maximum Gasteiger partial charge on any atom is 0.306 e. The lowest BCUT2D eigenvalue weighted by Gasteiger charge is -2.18. The smallest absolute Gasteiger partial charge is 0.306 e. The summed E-state index contributed by atoms with van der Waals surface area (Å²) in [6.45, 7) is 9.02. The van der Waals surface area contributed by atoms with Crippen molar-refractivity contribution >= 4 is 17.9 Å². The Balaban J connectivity index is 4.16. The highest BCUT2D eigenvalue weighted by Gasteiger charge is 2.19. The molecule has 61 heavy (non-hydrogen) atoms. The van der Waals surface area contributed by atoms with Gasteiger partial charge in [-0.1, -0.05) is 272 Å². The molecule has 0 saturated carbocycles. The third-order valence-electron chi connectivity index (χ3n) is 12.5. The maximum absolute atomic E-state index is 12.8. The van der Waals surface area contributed by atoms with E-state index in [1.807, 2.05) is 0 Å². The van der Waals surface area contributed by atoms with Crippen LogP contribution in [0, 0.1) is 5.92 Å². The first kappa shape index (κ1) is 59.4. The number of unbranched alkanes of at least 4 members (excludes halogenated alkanes) is 37. The second-order valence-corrected chi connectivity index (χ2v) is 19.3. The summed E-state index contributed by atoms with van der Waals surface area (Å²) >= 11 is 0. The lowest BCUT2D eigenvalue weighted by molar-refractivity contribution is -0.167. The highest BCUT2D eigenvalue weighted by molar-refractivity contribution is 5.71. The number of rotatable bonds is 50. The Hall–Kier alpha value is -1.59. The normalized spacial score (nSPS) is 12.0. The molecule has 0 aliphatic heterocycles. The van der Waals surface area contributed by atoms with Gasteiger partial charge in [0.15, 0.2) is 6.10 Å². The van der Waals surface area contributed by atoms with Crippen molar-refractivity contribution in [2.24, 2.45) is 5.92 Å². The number of carbonyl (C=O) groups is 3. The van der Waals surface area contributed by atoms with Crippen molar-refractivity contribution in [1.29, 1.82) is 0 Å². The van der Waals surface area contributed by atoms with Crippen LogP contribution in [0.4, 0.5) is 0 Å². The molecule has 6 heteroatoms. The summed E-state index contributed by atoms with van der Waals surface area (Å²) < 4.78 is 16.8. The second-order valence-electron chi connectivity index (χ2n) is 19.3. The standard InChI is InChI=1S/C55H106O6/c1-5-7-9-11-13-14-15-16-17-18-19-22-25-28-31-35-39-43-47-54(57)60-50-52(49-59-53(56)46-42-38-33-12-10-8-6-2)61-55(58)48-44-40-36-32-29-26-23-20-21-24-27-30-34-37-41-45-51(3)4/h51-52H,5-50H2,1-4H3/t52-/m1/s1. The number of ether oxygens (including phenoxy) is 3. The molecule has 0 radical (unpaired) electrons. The van der Waals surface area contributed by atoms with Crippen LogP contribution in [-0.4, -0.2) is 37.2 Å². The van der Waals surface area contributed by atoms with E-state index in [0.717, 1.165) is 63.7 Å². The number of esters is 3. The zero-order valence-electron chi connectivity index (χ0n) is 41.6. The van der Waals surface area contributed by atoms with Crippen LogP contribution in [0.1, 0.15) is 310 Å². The van der Waals surface area contributed by atoms with Gasteiger partial charge in [-0.2, -0.15) is 0 Å². The third kappa shape index (κ3) is 49.3. The zero-order valence-corrected chi connectivity index (χ0v) is 41.6. The minimum atomic E-state index is -0.760. The summed E-state index contributed by atoms with van der Waals surface area (Å²) in [5.74, 6) is 0.000680. The van der Waals surface area contributed by atoms with E-state index in [-0.39, 0.29) is 31.1 Å². The monoisotopic (exact) mass is 863 g/mol. The average molecular weight is 863 g/mol. The fourth-order valence-electron chi connectivity index (χ4n) is 8.39. The predicted octanol–water partition coefficient (Wildman–Crippen LogP) is 17.8. The Morgan fingerprint density at radius 2 is 0.541 bits per heavy atom. The van der Waals surface area contributed by atoms with Crippen LogP contribution in [0.2, 0.25) is 0 Å². The molecular formula is C55H106O6. The minimum Gasteiger partial charge on any atom is -0.462 e. The molecule has 0 amide bonds. The van der Waals surface area contributed by atoms with Gasteiger partial charge in [0.2, 0.25) is 0 Å². The molecule has 0 aliphatic rings. The van der Waals surface area contributed by atoms with Gasteiger partial charge in [-0.3, -0.25) is 14.4 Å². The molecule has 362 valence electrons. The SMILES string of the molecule is CCCCCCCCCCCCCCCCCCCCC(=O)OC[C@@H](COC(=O)CCCCCCCCC)OC(=O)CCCCCCCCCCCCCCCCCC(C)C. The number of hydrogen-bond donors (Lipinski definition) is 0. The Bertz CT molecular complexity index is 918. The van der Waals surface area contributed by atoms with E-state index in [1.165, 1.54) is 205 Å². The van der Waals surface area contributed by atoms with Gasteiger partial charge in [0.1, 0.15) is 13.2 Å². The Labute approximate surface area is 380 Å². The molecule has 6 nitrogen and oxygen atoms in total. The number of hydrogen-bond acceptors (Lipinski definition) is 6. The van der Waals surface area contributed by atoms with Crippen LogP contribution in [0.25, 0.3) is 0 Å². The van der Waals surface area contributed by atoms with Gasteiger partial charge >= 0.3 is 17.9 Å². The summed E-state index contributed by atoms with van der Waals surface area (Å²) in [5.41, 5.74) is 0. The van der Waals surface area contributed by atoms with Gasteiger partial charge in [0, 0.05) is 19.3 Å². The van der Waals surface area contributed by atoms with Gasteiger partial charge in [-0.25, -0.2) is 0 Å². The molecule has 0 spiro atoms. The van der Waals surface area contributed by atoms with Crippen LogP contribution in [-0.2, 0) is 28.6 Å². The first-order valence-corrected chi connectivity index (χ1v) is 27.4. The van der Waals surface area contributed by atoms with Gasteiger partial charge in [-0.15, -0.1) is 0 Å². The van der Waals surface area contributed by atoms with E-state index in [4.69, 9.17) is 14.2 Å². The molecule has 0 bridgehead atoms. The highest BCUT2D eigenvalue weighted by atomic mass is 16.6. The van der Waals surface area contributed by atoms with Crippen LogP contribution in [0.15, 0.2) is 0 Å². The summed E-state index contributed by atoms with van der Waals surface area (Å²) in [4.78, 5) is 37.9. The van der Waals surface area contributed by atoms with Crippen molar-refractivity contribution in [1.82, 2.24) is 0 Å². The van der Waals surface area contributed by atoms with E-state index in [2.05, 4.69) is 27.7 Å². The topological polar surface area (TPSA) is 78.9 Å². The molecule has 0 unspecified atom stereocenters. The maximum atomic E-state index is 12.8. The lowest BCUT2D eigenvalue weighted by Crippen LogP contribution is -2.30. The molecule has 0 aromatic heterocycles. The average Bonchev–Trinajstić information content (AvgIpc) is 3.24. The van der Waals surface area contributed by atoms with E-state index in [1.54, 1.807) is 0 Å². The molecule has 0 heterocycles. The second kappa shape index (κ2) is 49.4. The summed E-state index contributed by atoms with van der Waals surface area (Å²) in [6, 6.07) is 0. The molecule has 1 atom stereocenters.